The monoisotopic (exact) mass is 445 g/mol. The van der Waals surface area contributed by atoms with Gasteiger partial charge < -0.3 is 4.74 Å². The van der Waals surface area contributed by atoms with Crippen molar-refractivity contribution < 1.29 is 13.2 Å². The van der Waals surface area contributed by atoms with E-state index in [-0.39, 0.29) is 17.5 Å². The van der Waals surface area contributed by atoms with Gasteiger partial charge in [-0.25, -0.2) is 13.1 Å². The molecule has 1 N–H and O–H groups in total. The highest BCUT2D eigenvalue weighted by atomic mass is 35.5. The number of morpholine rings is 1. The zero-order valence-corrected chi connectivity index (χ0v) is 18.3. The molecule has 1 fully saturated rings. The number of halogens is 1. The maximum Gasteiger partial charge on any atom is 0.242 e. The van der Waals surface area contributed by atoms with Gasteiger partial charge in [-0.3, -0.25) is 9.88 Å². The van der Waals surface area contributed by atoms with Gasteiger partial charge in [-0.1, -0.05) is 35.9 Å². The van der Waals surface area contributed by atoms with E-state index < -0.39 is 10.0 Å². The minimum Gasteiger partial charge on any atom is -0.379 e. The molecule has 0 radical (unpaired) electrons. The fourth-order valence-corrected chi connectivity index (χ4v) is 5.20. The number of hydrogen-bond donors (Lipinski definition) is 1. The standard InChI is InChI=1S/C22H24ClN3O3S/c1-16-12-18-5-3-7-21(22(18)24-14-16)30(27,28)25-15-20(26-8-10-29-11-9-26)17-4-2-6-19(23)13-17/h2-7,12-14,20,25H,8-11,15H2,1H3. The van der Waals surface area contributed by atoms with Crippen molar-refractivity contribution in [2.45, 2.75) is 17.9 Å². The highest BCUT2D eigenvalue weighted by molar-refractivity contribution is 7.89. The van der Waals surface area contributed by atoms with Gasteiger partial charge in [0, 0.05) is 42.3 Å². The molecule has 1 aliphatic heterocycles. The molecule has 0 amide bonds. The van der Waals surface area contributed by atoms with Crippen LogP contribution in [-0.2, 0) is 14.8 Å². The topological polar surface area (TPSA) is 71.5 Å². The molecule has 2 aromatic carbocycles. The average Bonchev–Trinajstić information content (AvgIpc) is 2.74. The molecule has 1 unspecified atom stereocenters. The number of fused-ring (bicyclic) bond motifs is 1. The molecule has 8 heteroatoms. The number of para-hydroxylation sites is 1. The van der Waals surface area contributed by atoms with Gasteiger partial charge in [0.15, 0.2) is 0 Å². The van der Waals surface area contributed by atoms with Crippen LogP contribution in [-0.4, -0.2) is 51.1 Å². The van der Waals surface area contributed by atoms with Crippen LogP contribution in [0.2, 0.25) is 5.02 Å². The first kappa shape index (κ1) is 21.2. The predicted octanol–water partition coefficient (Wildman–Crippen LogP) is 3.55. The van der Waals surface area contributed by atoms with E-state index in [4.69, 9.17) is 16.3 Å². The van der Waals surface area contributed by atoms with Crippen LogP contribution < -0.4 is 4.72 Å². The molecule has 2 heterocycles. The lowest BCUT2D eigenvalue weighted by atomic mass is 10.1. The Balaban J connectivity index is 1.63. The van der Waals surface area contributed by atoms with Gasteiger partial charge in [-0.05, 0) is 42.3 Å². The van der Waals surface area contributed by atoms with Crippen LogP contribution >= 0.6 is 11.6 Å². The molecular formula is C22H24ClN3O3S. The molecule has 1 saturated heterocycles. The number of nitrogens with zero attached hydrogens (tertiary/aromatic N) is 2. The molecule has 30 heavy (non-hydrogen) atoms. The number of sulfonamides is 1. The highest BCUT2D eigenvalue weighted by Crippen LogP contribution is 2.26. The number of hydrogen-bond acceptors (Lipinski definition) is 5. The third-order valence-electron chi connectivity index (χ3n) is 5.29. The second-order valence-electron chi connectivity index (χ2n) is 7.41. The van der Waals surface area contributed by atoms with Crippen LogP contribution in [0, 0.1) is 6.92 Å². The van der Waals surface area contributed by atoms with Crippen molar-refractivity contribution in [2.75, 3.05) is 32.8 Å². The number of aryl methyl sites for hydroxylation is 1. The molecule has 0 saturated carbocycles. The van der Waals surface area contributed by atoms with Gasteiger partial charge in [-0.15, -0.1) is 0 Å². The summed E-state index contributed by atoms with van der Waals surface area (Å²) in [7, 11) is -3.75. The summed E-state index contributed by atoms with van der Waals surface area (Å²) in [5.41, 5.74) is 2.43. The second kappa shape index (κ2) is 8.99. The molecule has 1 aromatic heterocycles. The summed E-state index contributed by atoms with van der Waals surface area (Å²) in [6.07, 6.45) is 1.68. The first-order valence-electron chi connectivity index (χ1n) is 9.86. The fraction of sp³-hybridized carbons (Fsp3) is 0.318. The second-order valence-corrected chi connectivity index (χ2v) is 9.58. The van der Waals surface area contributed by atoms with E-state index in [2.05, 4.69) is 14.6 Å². The molecule has 4 rings (SSSR count). The highest BCUT2D eigenvalue weighted by Gasteiger charge is 2.26. The van der Waals surface area contributed by atoms with Crippen LogP contribution in [0.1, 0.15) is 17.2 Å². The first-order chi connectivity index (χ1) is 14.4. The molecule has 158 valence electrons. The van der Waals surface area contributed by atoms with Crippen LogP contribution in [0.3, 0.4) is 0 Å². The lowest BCUT2D eigenvalue weighted by molar-refractivity contribution is 0.0172. The summed E-state index contributed by atoms with van der Waals surface area (Å²) in [6.45, 7) is 4.86. The Kier molecular flexibility index (Phi) is 6.36. The third kappa shape index (κ3) is 4.66. The van der Waals surface area contributed by atoms with Crippen molar-refractivity contribution in [3.8, 4) is 0 Å². The van der Waals surface area contributed by atoms with E-state index in [1.807, 2.05) is 43.3 Å². The first-order valence-corrected chi connectivity index (χ1v) is 11.7. The molecule has 0 bridgehead atoms. The maximum absolute atomic E-state index is 13.2. The van der Waals surface area contributed by atoms with Gasteiger partial charge in [-0.2, -0.15) is 0 Å². The van der Waals surface area contributed by atoms with E-state index >= 15 is 0 Å². The molecule has 6 nitrogen and oxygen atoms in total. The van der Waals surface area contributed by atoms with Crippen molar-refractivity contribution in [3.63, 3.8) is 0 Å². The Hall–Kier alpha value is -2.03. The Morgan fingerprint density at radius 3 is 2.70 bits per heavy atom. The van der Waals surface area contributed by atoms with Gasteiger partial charge in [0.05, 0.1) is 18.7 Å². The smallest absolute Gasteiger partial charge is 0.242 e. The van der Waals surface area contributed by atoms with Crippen molar-refractivity contribution in [1.29, 1.82) is 0 Å². The summed E-state index contributed by atoms with van der Waals surface area (Å²) >= 11 is 6.20. The number of benzene rings is 2. The van der Waals surface area contributed by atoms with Gasteiger partial charge in [0.1, 0.15) is 4.90 Å². The number of aromatic nitrogens is 1. The lowest BCUT2D eigenvalue weighted by Gasteiger charge is -2.35. The van der Waals surface area contributed by atoms with Crippen LogP contribution in [0.4, 0.5) is 0 Å². The van der Waals surface area contributed by atoms with Gasteiger partial charge >= 0.3 is 0 Å². The Bertz CT molecular complexity index is 1150. The van der Waals surface area contributed by atoms with Crippen LogP contribution in [0.15, 0.2) is 59.6 Å². The van der Waals surface area contributed by atoms with E-state index in [0.717, 1.165) is 29.6 Å². The lowest BCUT2D eigenvalue weighted by Crippen LogP contribution is -2.43. The minimum atomic E-state index is -3.75. The summed E-state index contributed by atoms with van der Waals surface area (Å²) in [5.74, 6) is 0. The zero-order chi connectivity index (χ0) is 21.1. The molecular weight excluding hydrogens is 422 g/mol. The predicted molar refractivity (Wildman–Crippen MR) is 118 cm³/mol. The van der Waals surface area contributed by atoms with Crippen molar-refractivity contribution >= 4 is 32.5 Å². The summed E-state index contributed by atoms with van der Waals surface area (Å²) in [4.78, 5) is 6.78. The van der Waals surface area contributed by atoms with E-state index in [1.165, 1.54) is 0 Å². The fourth-order valence-electron chi connectivity index (χ4n) is 3.79. The molecule has 0 aliphatic carbocycles. The number of nitrogens with one attached hydrogen (secondary N) is 1. The number of ether oxygens (including phenoxy) is 1. The molecule has 1 atom stereocenters. The van der Waals surface area contributed by atoms with E-state index in [1.54, 1.807) is 18.3 Å². The van der Waals surface area contributed by atoms with Gasteiger partial charge in [0.2, 0.25) is 10.0 Å². The zero-order valence-electron chi connectivity index (χ0n) is 16.7. The van der Waals surface area contributed by atoms with Gasteiger partial charge in [0.25, 0.3) is 0 Å². The normalized spacial score (nSPS) is 16.6. The third-order valence-corrected chi connectivity index (χ3v) is 6.98. The Morgan fingerprint density at radius 1 is 1.17 bits per heavy atom. The number of rotatable bonds is 6. The molecule has 0 spiro atoms. The van der Waals surface area contributed by atoms with E-state index in [0.29, 0.717) is 23.8 Å². The Morgan fingerprint density at radius 2 is 1.93 bits per heavy atom. The summed E-state index contributed by atoms with van der Waals surface area (Å²) in [6, 6.07) is 14.6. The summed E-state index contributed by atoms with van der Waals surface area (Å²) < 4.78 is 34.7. The SMILES string of the molecule is Cc1cnc2c(S(=O)(=O)NCC(c3cccc(Cl)c3)N3CCOCC3)cccc2c1. The van der Waals surface area contributed by atoms with Crippen molar-refractivity contribution in [1.82, 2.24) is 14.6 Å². The average molecular weight is 446 g/mol. The molecule has 3 aromatic rings. The molecule has 1 aliphatic rings. The van der Waals surface area contributed by atoms with Crippen LogP contribution in [0.5, 0.6) is 0 Å². The summed E-state index contributed by atoms with van der Waals surface area (Å²) in [5, 5.41) is 1.43. The van der Waals surface area contributed by atoms with Crippen molar-refractivity contribution in [2.24, 2.45) is 0 Å². The van der Waals surface area contributed by atoms with Crippen molar-refractivity contribution in [3.05, 3.63) is 70.9 Å². The minimum absolute atomic E-state index is 0.146. The Labute approximate surface area is 181 Å². The largest absolute Gasteiger partial charge is 0.379 e. The van der Waals surface area contributed by atoms with Crippen LogP contribution in [0.25, 0.3) is 10.9 Å². The maximum atomic E-state index is 13.2. The number of pyridine rings is 1. The van der Waals surface area contributed by atoms with E-state index in [9.17, 15) is 8.42 Å². The quantitative estimate of drug-likeness (QED) is 0.628.